The summed E-state index contributed by atoms with van der Waals surface area (Å²) >= 11 is 0. The third-order valence-corrected chi connectivity index (χ3v) is 3.39. The highest BCUT2D eigenvalue weighted by molar-refractivity contribution is 5.85. The zero-order chi connectivity index (χ0) is 16.2. The number of hydrogen-bond acceptors (Lipinski definition) is 5. The summed E-state index contributed by atoms with van der Waals surface area (Å²) in [6.07, 6.45) is 3.31. The lowest BCUT2D eigenvalue weighted by Crippen LogP contribution is -2.17. The van der Waals surface area contributed by atoms with Crippen molar-refractivity contribution in [2.75, 3.05) is 41.1 Å². The average Bonchev–Trinajstić information content (AvgIpc) is 2.56. The maximum absolute atomic E-state index is 5.54. The molecule has 1 N–H and O–H groups in total. The molecule has 0 spiro atoms. The van der Waals surface area contributed by atoms with E-state index in [1.807, 2.05) is 12.1 Å². The van der Waals surface area contributed by atoms with Crippen LogP contribution in [0, 0.1) is 0 Å². The predicted molar refractivity (Wildman–Crippen MR) is 95.4 cm³/mol. The van der Waals surface area contributed by atoms with Crippen LogP contribution >= 0.6 is 12.4 Å². The number of benzene rings is 1. The molecule has 0 amide bonds. The summed E-state index contributed by atoms with van der Waals surface area (Å²) in [6, 6.07) is 3.89. The van der Waals surface area contributed by atoms with Crippen molar-refractivity contribution in [1.29, 1.82) is 0 Å². The molecule has 134 valence electrons. The summed E-state index contributed by atoms with van der Waals surface area (Å²) in [6.45, 7) is 5.46. The van der Waals surface area contributed by atoms with E-state index in [9.17, 15) is 0 Å². The fourth-order valence-electron chi connectivity index (χ4n) is 2.17. The van der Waals surface area contributed by atoms with Crippen molar-refractivity contribution >= 4 is 12.4 Å². The average molecular weight is 348 g/mol. The first kappa shape index (κ1) is 21.8. The Morgan fingerprint density at radius 1 is 0.913 bits per heavy atom. The minimum atomic E-state index is 0. The Morgan fingerprint density at radius 2 is 1.61 bits per heavy atom. The Kier molecular flexibility index (Phi) is 12.6. The molecule has 0 fully saturated rings. The molecule has 0 aromatic heterocycles. The second kappa shape index (κ2) is 13.3. The van der Waals surface area contributed by atoms with Crippen molar-refractivity contribution in [2.24, 2.45) is 0 Å². The van der Waals surface area contributed by atoms with Gasteiger partial charge in [0.05, 0.1) is 21.3 Å². The minimum absolute atomic E-state index is 0. The van der Waals surface area contributed by atoms with Crippen LogP contribution in [-0.4, -0.2) is 41.1 Å². The Labute approximate surface area is 146 Å². The highest BCUT2D eigenvalue weighted by Gasteiger charge is 2.15. The van der Waals surface area contributed by atoms with Gasteiger partial charge in [-0.15, -0.1) is 12.4 Å². The standard InChI is InChI=1S/C17H29NO4.ClH/c1-5-6-11-22-12-7-10-18-13-14-8-9-15(19-2)17(21-4)16(14)20-3;/h8-9,18H,5-7,10-13H2,1-4H3;1H. The fraction of sp³-hybridized carbons (Fsp3) is 0.647. The fourth-order valence-corrected chi connectivity index (χ4v) is 2.17. The van der Waals surface area contributed by atoms with Gasteiger partial charge in [0.25, 0.3) is 0 Å². The van der Waals surface area contributed by atoms with Gasteiger partial charge >= 0.3 is 0 Å². The van der Waals surface area contributed by atoms with Crippen molar-refractivity contribution in [3.05, 3.63) is 17.7 Å². The van der Waals surface area contributed by atoms with E-state index < -0.39 is 0 Å². The van der Waals surface area contributed by atoms with Crippen molar-refractivity contribution in [3.8, 4) is 17.2 Å². The van der Waals surface area contributed by atoms with Crippen LogP contribution < -0.4 is 19.5 Å². The summed E-state index contributed by atoms with van der Waals surface area (Å²) < 4.78 is 21.7. The van der Waals surface area contributed by atoms with Gasteiger partial charge in [0, 0.05) is 25.3 Å². The molecular formula is C17H30ClNO4. The SMILES string of the molecule is CCCCOCCCNCc1ccc(OC)c(OC)c1OC.Cl. The molecule has 1 rings (SSSR count). The molecule has 0 heterocycles. The number of halogens is 1. The molecule has 0 aliphatic heterocycles. The van der Waals surface area contributed by atoms with Crippen molar-refractivity contribution < 1.29 is 18.9 Å². The van der Waals surface area contributed by atoms with Crippen LogP contribution in [0.1, 0.15) is 31.7 Å². The first-order chi connectivity index (χ1) is 10.8. The zero-order valence-corrected chi connectivity index (χ0v) is 15.5. The monoisotopic (exact) mass is 347 g/mol. The first-order valence-corrected chi connectivity index (χ1v) is 7.84. The smallest absolute Gasteiger partial charge is 0.203 e. The lowest BCUT2D eigenvalue weighted by atomic mass is 10.1. The Balaban J connectivity index is 0.00000484. The van der Waals surface area contributed by atoms with Gasteiger partial charge in [-0.05, 0) is 25.5 Å². The molecule has 5 nitrogen and oxygen atoms in total. The molecule has 0 saturated heterocycles. The summed E-state index contributed by atoms with van der Waals surface area (Å²) in [4.78, 5) is 0. The lowest BCUT2D eigenvalue weighted by Gasteiger charge is -2.16. The van der Waals surface area contributed by atoms with Gasteiger partial charge in [-0.1, -0.05) is 19.4 Å². The van der Waals surface area contributed by atoms with Crippen molar-refractivity contribution in [3.63, 3.8) is 0 Å². The third-order valence-electron chi connectivity index (χ3n) is 3.39. The van der Waals surface area contributed by atoms with E-state index in [0.717, 1.165) is 44.7 Å². The summed E-state index contributed by atoms with van der Waals surface area (Å²) in [5.74, 6) is 2.02. The Bertz CT molecular complexity index is 429. The molecule has 0 radical (unpaired) electrons. The maximum atomic E-state index is 5.54. The van der Waals surface area contributed by atoms with E-state index in [-0.39, 0.29) is 12.4 Å². The van der Waals surface area contributed by atoms with Gasteiger partial charge in [0.2, 0.25) is 5.75 Å². The van der Waals surface area contributed by atoms with Gasteiger partial charge in [-0.25, -0.2) is 0 Å². The molecule has 0 aliphatic rings. The lowest BCUT2D eigenvalue weighted by molar-refractivity contribution is 0.128. The molecule has 0 atom stereocenters. The number of unbranched alkanes of at least 4 members (excludes halogenated alkanes) is 1. The van der Waals surface area contributed by atoms with Crippen molar-refractivity contribution in [1.82, 2.24) is 5.32 Å². The van der Waals surface area contributed by atoms with E-state index in [0.29, 0.717) is 17.2 Å². The highest BCUT2D eigenvalue weighted by Crippen LogP contribution is 2.39. The molecule has 0 aliphatic carbocycles. The van der Waals surface area contributed by atoms with Crippen LogP contribution in [-0.2, 0) is 11.3 Å². The molecule has 0 bridgehead atoms. The van der Waals surface area contributed by atoms with Crippen LogP contribution in [0.5, 0.6) is 17.2 Å². The Morgan fingerprint density at radius 3 is 2.22 bits per heavy atom. The van der Waals surface area contributed by atoms with Crippen LogP contribution in [0.25, 0.3) is 0 Å². The van der Waals surface area contributed by atoms with E-state index in [2.05, 4.69) is 12.2 Å². The van der Waals surface area contributed by atoms with Crippen LogP contribution in [0.15, 0.2) is 12.1 Å². The maximum Gasteiger partial charge on any atom is 0.203 e. The van der Waals surface area contributed by atoms with Gasteiger partial charge in [-0.2, -0.15) is 0 Å². The highest BCUT2D eigenvalue weighted by atomic mass is 35.5. The normalized spacial score (nSPS) is 10.1. The second-order valence-corrected chi connectivity index (χ2v) is 4.99. The van der Waals surface area contributed by atoms with E-state index in [4.69, 9.17) is 18.9 Å². The van der Waals surface area contributed by atoms with E-state index >= 15 is 0 Å². The summed E-state index contributed by atoms with van der Waals surface area (Å²) in [5.41, 5.74) is 1.05. The van der Waals surface area contributed by atoms with Gasteiger partial charge in [-0.3, -0.25) is 0 Å². The molecule has 1 aromatic rings. The first-order valence-electron chi connectivity index (χ1n) is 7.84. The Hall–Kier alpha value is -1.17. The largest absolute Gasteiger partial charge is 0.493 e. The number of rotatable bonds is 12. The van der Waals surface area contributed by atoms with Crippen LogP contribution in [0.3, 0.4) is 0 Å². The summed E-state index contributed by atoms with van der Waals surface area (Å²) in [7, 11) is 4.88. The van der Waals surface area contributed by atoms with E-state index in [1.54, 1.807) is 21.3 Å². The number of hydrogen-bond donors (Lipinski definition) is 1. The van der Waals surface area contributed by atoms with Crippen molar-refractivity contribution in [2.45, 2.75) is 32.7 Å². The van der Waals surface area contributed by atoms with Gasteiger partial charge in [0.15, 0.2) is 11.5 Å². The molecule has 6 heteroatoms. The second-order valence-electron chi connectivity index (χ2n) is 4.99. The van der Waals surface area contributed by atoms with Crippen LogP contribution in [0.4, 0.5) is 0 Å². The number of methoxy groups -OCH3 is 3. The molecule has 23 heavy (non-hydrogen) atoms. The molecule has 1 aromatic carbocycles. The van der Waals surface area contributed by atoms with Gasteiger partial charge in [0.1, 0.15) is 0 Å². The third kappa shape index (κ3) is 7.29. The number of nitrogens with one attached hydrogen (secondary N) is 1. The van der Waals surface area contributed by atoms with Crippen LogP contribution in [0.2, 0.25) is 0 Å². The quantitative estimate of drug-likeness (QED) is 0.587. The zero-order valence-electron chi connectivity index (χ0n) is 14.6. The molecule has 0 unspecified atom stereocenters. The predicted octanol–water partition coefficient (Wildman–Crippen LogP) is 3.43. The number of ether oxygens (including phenoxy) is 4. The van der Waals surface area contributed by atoms with E-state index in [1.165, 1.54) is 6.42 Å². The van der Waals surface area contributed by atoms with Gasteiger partial charge < -0.3 is 24.3 Å². The summed E-state index contributed by atoms with van der Waals surface area (Å²) in [5, 5.41) is 3.40. The molecular weight excluding hydrogens is 318 g/mol. The topological polar surface area (TPSA) is 49.0 Å². The molecule has 0 saturated carbocycles. The minimum Gasteiger partial charge on any atom is -0.493 e.